The summed E-state index contributed by atoms with van der Waals surface area (Å²) >= 11 is 4.02. The van der Waals surface area contributed by atoms with Crippen LogP contribution in [0.2, 0.25) is 0 Å². The first-order valence-corrected chi connectivity index (χ1v) is 9.59. The summed E-state index contributed by atoms with van der Waals surface area (Å²) in [4.78, 5) is 4.61. The van der Waals surface area contributed by atoms with Gasteiger partial charge in [-0.2, -0.15) is 16.7 Å². The van der Waals surface area contributed by atoms with E-state index in [1.807, 2.05) is 23.5 Å². The number of aromatic nitrogens is 2. The minimum atomic E-state index is 0.407. The van der Waals surface area contributed by atoms with Crippen LogP contribution in [0.5, 0.6) is 0 Å². The summed E-state index contributed by atoms with van der Waals surface area (Å²) in [5, 5.41) is 8.65. The predicted molar refractivity (Wildman–Crippen MR) is 87.5 cm³/mol. The summed E-state index contributed by atoms with van der Waals surface area (Å²) in [6.07, 6.45) is 3.09. The molecule has 0 aliphatic carbocycles. The van der Waals surface area contributed by atoms with Crippen LogP contribution in [-0.4, -0.2) is 39.5 Å². The molecule has 4 nitrogen and oxygen atoms in total. The van der Waals surface area contributed by atoms with Gasteiger partial charge in [0.2, 0.25) is 5.89 Å². The van der Waals surface area contributed by atoms with Gasteiger partial charge in [0.1, 0.15) is 0 Å². The van der Waals surface area contributed by atoms with Gasteiger partial charge in [-0.15, -0.1) is 11.8 Å². The highest BCUT2D eigenvalue weighted by atomic mass is 32.2. The van der Waals surface area contributed by atoms with Crippen molar-refractivity contribution in [3.8, 4) is 0 Å². The number of hydrogen-bond donors (Lipinski definition) is 1. The number of aryl methyl sites for hydroxylation is 1. The van der Waals surface area contributed by atoms with Crippen molar-refractivity contribution in [3.05, 3.63) is 11.7 Å². The third-order valence-electron chi connectivity index (χ3n) is 3.31. The maximum atomic E-state index is 5.41. The van der Waals surface area contributed by atoms with Crippen molar-refractivity contribution in [2.24, 2.45) is 0 Å². The Bertz CT molecular complexity index is 398. The van der Waals surface area contributed by atoms with E-state index in [9.17, 15) is 0 Å². The van der Waals surface area contributed by atoms with Crippen molar-refractivity contribution in [1.82, 2.24) is 15.5 Å². The molecule has 0 saturated carbocycles. The lowest BCUT2D eigenvalue weighted by Crippen LogP contribution is -2.23. The van der Waals surface area contributed by atoms with Crippen LogP contribution in [0.25, 0.3) is 0 Å². The molecule has 2 atom stereocenters. The first-order valence-electron chi connectivity index (χ1n) is 7.49. The Morgan fingerprint density at radius 1 is 1.35 bits per heavy atom. The second-order valence-corrected chi connectivity index (χ2v) is 7.96. The zero-order chi connectivity index (χ0) is 14.4. The van der Waals surface area contributed by atoms with Crippen LogP contribution in [0.3, 0.4) is 0 Å². The van der Waals surface area contributed by atoms with Gasteiger partial charge < -0.3 is 9.84 Å². The van der Waals surface area contributed by atoms with Crippen LogP contribution < -0.4 is 5.32 Å². The van der Waals surface area contributed by atoms with Gasteiger partial charge in [-0.25, -0.2) is 0 Å². The lowest BCUT2D eigenvalue weighted by Gasteiger charge is -2.27. The van der Waals surface area contributed by atoms with Crippen LogP contribution in [0.1, 0.15) is 50.6 Å². The van der Waals surface area contributed by atoms with Crippen molar-refractivity contribution in [1.29, 1.82) is 0 Å². The molecule has 1 N–H and O–H groups in total. The fourth-order valence-electron chi connectivity index (χ4n) is 2.26. The van der Waals surface area contributed by atoms with E-state index in [0.717, 1.165) is 31.1 Å². The summed E-state index contributed by atoms with van der Waals surface area (Å²) < 4.78 is 5.41. The maximum Gasteiger partial charge on any atom is 0.226 e. The quantitative estimate of drug-likeness (QED) is 0.779. The van der Waals surface area contributed by atoms with Gasteiger partial charge in [0.15, 0.2) is 5.82 Å². The Hall–Kier alpha value is -0.200. The molecule has 0 radical (unpaired) electrons. The zero-order valence-electron chi connectivity index (χ0n) is 12.6. The Labute approximate surface area is 130 Å². The van der Waals surface area contributed by atoms with Crippen molar-refractivity contribution in [2.45, 2.75) is 56.6 Å². The molecule has 2 heterocycles. The van der Waals surface area contributed by atoms with E-state index in [1.165, 1.54) is 17.9 Å². The van der Waals surface area contributed by atoms with Crippen LogP contribution in [0, 0.1) is 0 Å². The number of nitrogens with one attached hydrogen (secondary N) is 1. The Balaban J connectivity index is 1.84. The summed E-state index contributed by atoms with van der Waals surface area (Å²) in [6, 6.07) is 0.536. The van der Waals surface area contributed by atoms with E-state index in [-0.39, 0.29) is 0 Å². The van der Waals surface area contributed by atoms with E-state index in [1.54, 1.807) is 0 Å². The van der Waals surface area contributed by atoms with Crippen molar-refractivity contribution < 1.29 is 4.52 Å². The molecule has 0 spiro atoms. The second kappa shape index (κ2) is 8.29. The van der Waals surface area contributed by atoms with E-state index in [0.29, 0.717) is 16.5 Å². The molecule has 1 saturated heterocycles. The highest BCUT2D eigenvalue weighted by Gasteiger charge is 2.30. The highest BCUT2D eigenvalue weighted by Crippen LogP contribution is 2.42. The monoisotopic (exact) mass is 315 g/mol. The molecule has 1 aromatic rings. The summed E-state index contributed by atoms with van der Waals surface area (Å²) in [6.45, 7) is 7.57. The number of nitrogens with zero attached hydrogens (tertiary/aromatic N) is 2. The maximum absolute atomic E-state index is 5.41. The second-order valence-electron chi connectivity index (χ2n) is 5.37. The molecule has 114 valence electrons. The van der Waals surface area contributed by atoms with Crippen molar-refractivity contribution in [2.75, 3.05) is 18.1 Å². The molecule has 0 bridgehead atoms. The smallest absolute Gasteiger partial charge is 0.226 e. The molecule has 20 heavy (non-hydrogen) atoms. The minimum Gasteiger partial charge on any atom is -0.339 e. The number of rotatable bonds is 7. The van der Waals surface area contributed by atoms with Crippen LogP contribution in [-0.2, 0) is 6.42 Å². The molecule has 6 heteroatoms. The minimum absolute atomic E-state index is 0.407. The Morgan fingerprint density at radius 3 is 2.90 bits per heavy atom. The Morgan fingerprint density at radius 2 is 2.15 bits per heavy atom. The van der Waals surface area contributed by atoms with Gasteiger partial charge in [-0.05, 0) is 19.4 Å². The molecule has 1 aliphatic heterocycles. The van der Waals surface area contributed by atoms with Gasteiger partial charge in [-0.1, -0.05) is 25.9 Å². The van der Waals surface area contributed by atoms with E-state index in [4.69, 9.17) is 4.52 Å². The fraction of sp³-hybridized carbons (Fsp3) is 0.857. The van der Waals surface area contributed by atoms with Gasteiger partial charge in [-0.3, -0.25) is 0 Å². The third kappa shape index (κ3) is 4.67. The lowest BCUT2D eigenvalue weighted by atomic mass is 10.2. The zero-order valence-corrected chi connectivity index (χ0v) is 14.2. The Kier molecular flexibility index (Phi) is 6.71. The SMILES string of the molecule is CCC1SCCSC1c1noc(CCCNC(C)C)n1. The first kappa shape index (κ1) is 16.2. The molecule has 2 rings (SSSR count). The molecule has 1 fully saturated rings. The molecule has 2 unspecified atom stereocenters. The molecule has 1 aromatic heterocycles. The average Bonchev–Trinajstić information content (AvgIpc) is 2.92. The highest BCUT2D eigenvalue weighted by molar-refractivity contribution is 8.06. The summed E-state index contributed by atoms with van der Waals surface area (Å²) in [5.41, 5.74) is 0. The lowest BCUT2D eigenvalue weighted by molar-refractivity contribution is 0.368. The normalized spacial score (nSPS) is 23.4. The van der Waals surface area contributed by atoms with Gasteiger partial charge >= 0.3 is 0 Å². The van der Waals surface area contributed by atoms with Gasteiger partial charge in [0.25, 0.3) is 0 Å². The fourth-order valence-corrected chi connectivity index (χ4v) is 5.24. The van der Waals surface area contributed by atoms with E-state index in [2.05, 4.69) is 36.2 Å². The molecule has 0 amide bonds. The van der Waals surface area contributed by atoms with Crippen molar-refractivity contribution in [3.63, 3.8) is 0 Å². The average molecular weight is 316 g/mol. The van der Waals surface area contributed by atoms with Crippen molar-refractivity contribution >= 4 is 23.5 Å². The van der Waals surface area contributed by atoms with E-state index < -0.39 is 0 Å². The molecule has 0 aromatic carbocycles. The van der Waals surface area contributed by atoms with Gasteiger partial charge in [0.05, 0.1) is 5.25 Å². The standard InChI is InChI=1S/C14H25N3OS2/c1-4-11-13(20-9-8-19-11)14-16-12(18-17-14)6-5-7-15-10(2)3/h10-11,13,15H,4-9H2,1-3H3. The summed E-state index contributed by atoms with van der Waals surface area (Å²) in [5.74, 6) is 4.12. The summed E-state index contributed by atoms with van der Waals surface area (Å²) in [7, 11) is 0. The largest absolute Gasteiger partial charge is 0.339 e. The topological polar surface area (TPSA) is 51.0 Å². The van der Waals surface area contributed by atoms with E-state index >= 15 is 0 Å². The first-order chi connectivity index (χ1) is 9.70. The third-order valence-corrected chi connectivity index (χ3v) is 6.55. The van der Waals surface area contributed by atoms with Crippen LogP contribution in [0.15, 0.2) is 4.52 Å². The predicted octanol–water partition coefficient (Wildman–Crippen LogP) is 3.30. The number of thioether (sulfide) groups is 2. The molecular weight excluding hydrogens is 290 g/mol. The molecular formula is C14H25N3OS2. The number of hydrogen-bond acceptors (Lipinski definition) is 6. The van der Waals surface area contributed by atoms with Crippen LogP contribution in [0.4, 0.5) is 0 Å². The molecule has 1 aliphatic rings. The van der Waals surface area contributed by atoms with Gasteiger partial charge in [0, 0.05) is 29.2 Å². The van der Waals surface area contributed by atoms with Crippen LogP contribution >= 0.6 is 23.5 Å².